The van der Waals surface area contributed by atoms with Crippen molar-refractivity contribution in [3.05, 3.63) is 42.7 Å². The van der Waals surface area contributed by atoms with E-state index in [1.54, 1.807) is 58.4 Å². The van der Waals surface area contributed by atoms with Crippen LogP contribution in [0.1, 0.15) is 13.8 Å². The minimum atomic E-state index is -3.32. The lowest BCUT2D eigenvalue weighted by atomic mass is 10.2. The van der Waals surface area contributed by atoms with Crippen LogP contribution in [0.3, 0.4) is 0 Å². The van der Waals surface area contributed by atoms with E-state index in [0.717, 1.165) is 11.1 Å². The molecule has 0 aliphatic heterocycles. The maximum atomic E-state index is 12.9. The first-order chi connectivity index (χ1) is 14.0. The molecule has 2 aromatic carbocycles. The van der Waals surface area contributed by atoms with Crippen molar-refractivity contribution >= 4 is 35.3 Å². The quantitative estimate of drug-likeness (QED) is 0.516. The fourth-order valence-electron chi connectivity index (χ4n) is 2.87. The van der Waals surface area contributed by atoms with Crippen LogP contribution in [0.15, 0.2) is 42.7 Å². The van der Waals surface area contributed by atoms with Crippen LogP contribution in [0.2, 0.25) is 0 Å². The molecule has 0 aliphatic carbocycles. The molecule has 1 N–H and O–H groups in total. The van der Waals surface area contributed by atoms with Gasteiger partial charge >= 0.3 is 7.60 Å². The molecule has 0 fully saturated rings. The predicted molar refractivity (Wildman–Crippen MR) is 113 cm³/mol. The maximum absolute atomic E-state index is 12.9. The van der Waals surface area contributed by atoms with E-state index in [-0.39, 0.29) is 0 Å². The number of rotatable bonds is 9. The lowest BCUT2D eigenvalue weighted by molar-refractivity contribution is 0.230. The highest BCUT2D eigenvalue weighted by atomic mass is 31.2. The van der Waals surface area contributed by atoms with Gasteiger partial charge in [0.15, 0.2) is 11.5 Å². The highest BCUT2D eigenvalue weighted by Crippen LogP contribution is 2.46. The molecular weight excluding hydrogens is 393 g/mol. The van der Waals surface area contributed by atoms with E-state index in [0.29, 0.717) is 41.4 Å². The van der Waals surface area contributed by atoms with Crippen LogP contribution >= 0.6 is 7.60 Å². The van der Waals surface area contributed by atoms with E-state index < -0.39 is 7.60 Å². The molecular formula is C20H24N3O5P. The average Bonchev–Trinajstić information content (AvgIpc) is 2.73. The SMILES string of the molecule is CCOP(=O)(OCC)c1ccc(Nc2ncnc3cc(OC)c(OC)cc23)cc1. The molecule has 0 spiro atoms. The summed E-state index contributed by atoms with van der Waals surface area (Å²) in [6.07, 6.45) is 1.48. The van der Waals surface area contributed by atoms with Crippen molar-refractivity contribution in [2.75, 3.05) is 32.8 Å². The second-order valence-electron chi connectivity index (χ2n) is 5.95. The van der Waals surface area contributed by atoms with E-state index in [4.69, 9.17) is 18.5 Å². The monoisotopic (exact) mass is 417 g/mol. The zero-order chi connectivity index (χ0) is 20.9. The molecule has 154 valence electrons. The minimum absolute atomic E-state index is 0.301. The Balaban J connectivity index is 1.92. The number of ether oxygens (including phenoxy) is 2. The number of anilines is 2. The van der Waals surface area contributed by atoms with Gasteiger partial charge in [-0.05, 0) is 44.2 Å². The van der Waals surface area contributed by atoms with Gasteiger partial charge in [-0.2, -0.15) is 0 Å². The first kappa shape index (κ1) is 21.0. The van der Waals surface area contributed by atoms with Crippen LogP contribution in [0.4, 0.5) is 11.5 Å². The van der Waals surface area contributed by atoms with E-state index >= 15 is 0 Å². The number of nitrogens with zero attached hydrogens (tertiary/aromatic N) is 2. The highest BCUT2D eigenvalue weighted by Gasteiger charge is 2.26. The van der Waals surface area contributed by atoms with Crippen LogP contribution in [-0.4, -0.2) is 37.4 Å². The lowest BCUT2D eigenvalue weighted by Gasteiger charge is -2.17. The summed E-state index contributed by atoms with van der Waals surface area (Å²) in [4.78, 5) is 8.64. The number of aromatic nitrogens is 2. The first-order valence-electron chi connectivity index (χ1n) is 9.18. The Morgan fingerprint density at radius 1 is 0.931 bits per heavy atom. The highest BCUT2D eigenvalue weighted by molar-refractivity contribution is 7.62. The number of nitrogens with one attached hydrogen (secondary N) is 1. The molecule has 9 heteroatoms. The van der Waals surface area contributed by atoms with Gasteiger partial charge in [0.05, 0.1) is 38.3 Å². The number of methoxy groups -OCH3 is 2. The van der Waals surface area contributed by atoms with Gasteiger partial charge in [-0.3, -0.25) is 4.57 Å². The molecule has 3 aromatic rings. The first-order valence-corrected chi connectivity index (χ1v) is 10.7. The zero-order valence-electron chi connectivity index (χ0n) is 16.8. The molecule has 0 aliphatic rings. The van der Waals surface area contributed by atoms with Crippen molar-refractivity contribution in [2.45, 2.75) is 13.8 Å². The maximum Gasteiger partial charge on any atom is 0.361 e. The summed E-state index contributed by atoms with van der Waals surface area (Å²) in [5.41, 5.74) is 1.48. The molecule has 0 radical (unpaired) electrons. The minimum Gasteiger partial charge on any atom is -0.493 e. The van der Waals surface area contributed by atoms with Crippen molar-refractivity contribution in [1.82, 2.24) is 9.97 Å². The topological polar surface area (TPSA) is 91.8 Å². The van der Waals surface area contributed by atoms with Crippen molar-refractivity contribution in [1.29, 1.82) is 0 Å². The molecule has 0 saturated carbocycles. The van der Waals surface area contributed by atoms with Gasteiger partial charge in [-0.1, -0.05) is 0 Å². The molecule has 0 amide bonds. The Labute approximate surface area is 169 Å². The Morgan fingerprint density at radius 3 is 2.14 bits per heavy atom. The third-order valence-electron chi connectivity index (χ3n) is 4.19. The Morgan fingerprint density at radius 2 is 1.55 bits per heavy atom. The van der Waals surface area contributed by atoms with Crippen molar-refractivity contribution in [3.8, 4) is 11.5 Å². The molecule has 29 heavy (non-hydrogen) atoms. The molecule has 0 unspecified atom stereocenters. The number of benzene rings is 2. The van der Waals surface area contributed by atoms with Gasteiger partial charge < -0.3 is 23.8 Å². The smallest absolute Gasteiger partial charge is 0.361 e. The number of fused-ring (bicyclic) bond motifs is 1. The summed E-state index contributed by atoms with van der Waals surface area (Å²) >= 11 is 0. The molecule has 0 bridgehead atoms. The van der Waals surface area contributed by atoms with Crippen molar-refractivity contribution in [3.63, 3.8) is 0 Å². The molecule has 8 nitrogen and oxygen atoms in total. The molecule has 3 rings (SSSR count). The van der Waals surface area contributed by atoms with Gasteiger partial charge in [-0.15, -0.1) is 0 Å². The molecule has 1 aromatic heterocycles. The molecule has 1 heterocycles. The summed E-state index contributed by atoms with van der Waals surface area (Å²) in [7, 11) is -0.161. The fourth-order valence-corrected chi connectivity index (χ4v) is 4.44. The van der Waals surface area contributed by atoms with Crippen LogP contribution in [0, 0.1) is 0 Å². The number of hydrogen-bond donors (Lipinski definition) is 1. The average molecular weight is 417 g/mol. The van der Waals surface area contributed by atoms with Crippen molar-refractivity contribution < 1.29 is 23.1 Å². The van der Waals surface area contributed by atoms with Crippen LogP contribution in [0.25, 0.3) is 10.9 Å². The van der Waals surface area contributed by atoms with Gasteiger partial charge in [-0.25, -0.2) is 9.97 Å². The third-order valence-corrected chi connectivity index (χ3v) is 6.31. The Hall–Kier alpha value is -2.67. The Bertz CT molecular complexity index is 1020. The standard InChI is InChI=1S/C20H24N3O5P/c1-5-27-29(24,28-6-2)15-9-7-14(8-10-15)23-20-16-11-18(25-3)19(26-4)12-17(16)21-13-22-20/h7-13H,5-6H2,1-4H3,(H,21,22,23). The van der Waals surface area contributed by atoms with Crippen LogP contribution in [0.5, 0.6) is 11.5 Å². The van der Waals surface area contributed by atoms with E-state index in [1.807, 2.05) is 6.07 Å². The summed E-state index contributed by atoms with van der Waals surface area (Å²) in [5, 5.41) is 4.55. The van der Waals surface area contributed by atoms with E-state index in [9.17, 15) is 4.57 Å². The summed E-state index contributed by atoms with van der Waals surface area (Å²) < 4.78 is 34.4. The summed E-state index contributed by atoms with van der Waals surface area (Å²) in [6.45, 7) is 4.17. The van der Waals surface area contributed by atoms with Gasteiger partial charge in [0, 0.05) is 17.1 Å². The van der Waals surface area contributed by atoms with Crippen LogP contribution < -0.4 is 20.1 Å². The third kappa shape index (κ3) is 4.50. The second kappa shape index (κ2) is 9.22. The van der Waals surface area contributed by atoms with E-state index in [2.05, 4.69) is 15.3 Å². The van der Waals surface area contributed by atoms with Crippen LogP contribution in [-0.2, 0) is 13.6 Å². The molecule has 0 saturated heterocycles. The summed E-state index contributed by atoms with van der Waals surface area (Å²) in [6, 6.07) is 10.7. The summed E-state index contributed by atoms with van der Waals surface area (Å²) in [5.74, 6) is 1.79. The largest absolute Gasteiger partial charge is 0.493 e. The Kier molecular flexibility index (Phi) is 6.69. The van der Waals surface area contributed by atoms with Crippen molar-refractivity contribution in [2.24, 2.45) is 0 Å². The second-order valence-corrected chi connectivity index (χ2v) is 7.98. The number of hydrogen-bond acceptors (Lipinski definition) is 8. The zero-order valence-corrected chi connectivity index (χ0v) is 17.7. The van der Waals surface area contributed by atoms with Gasteiger partial charge in [0.1, 0.15) is 12.1 Å². The van der Waals surface area contributed by atoms with Gasteiger partial charge in [0.25, 0.3) is 0 Å². The normalized spacial score (nSPS) is 11.4. The van der Waals surface area contributed by atoms with Gasteiger partial charge in [0.2, 0.25) is 0 Å². The fraction of sp³-hybridized carbons (Fsp3) is 0.300. The van der Waals surface area contributed by atoms with E-state index in [1.165, 1.54) is 6.33 Å². The predicted octanol–water partition coefficient (Wildman–Crippen LogP) is 4.28. The lowest BCUT2D eigenvalue weighted by Crippen LogP contribution is -2.10. The molecule has 0 atom stereocenters.